The first-order chi connectivity index (χ1) is 8.11. The zero-order valence-electron chi connectivity index (χ0n) is 11.1. The molecule has 0 spiro atoms. The lowest BCUT2D eigenvalue weighted by molar-refractivity contribution is 0.224. The van der Waals surface area contributed by atoms with Crippen LogP contribution >= 0.6 is 0 Å². The highest BCUT2D eigenvalue weighted by atomic mass is 16.2. The molecule has 0 amide bonds. The van der Waals surface area contributed by atoms with E-state index in [-0.39, 0.29) is 6.61 Å². The Labute approximate surface area is 105 Å². The summed E-state index contributed by atoms with van der Waals surface area (Å²) in [6.45, 7) is 5.01. The summed E-state index contributed by atoms with van der Waals surface area (Å²) in [6, 6.07) is 8.86. The van der Waals surface area contributed by atoms with Gasteiger partial charge in [-0.3, -0.25) is 0 Å². The molecule has 1 nitrogen and oxygen atoms in total. The molecule has 0 aliphatic heterocycles. The molecule has 2 rings (SSSR count). The predicted molar refractivity (Wildman–Crippen MR) is 72.2 cm³/mol. The number of rotatable bonds is 3. The van der Waals surface area contributed by atoms with E-state index in [0.29, 0.717) is 5.41 Å². The minimum atomic E-state index is 0.247. The maximum atomic E-state index is 8.90. The Morgan fingerprint density at radius 1 is 1.12 bits per heavy atom. The summed E-state index contributed by atoms with van der Waals surface area (Å²) in [5.41, 5.74) is 3.28. The summed E-state index contributed by atoms with van der Waals surface area (Å²) in [6.07, 6.45) is 6.11. The van der Waals surface area contributed by atoms with E-state index in [1.165, 1.54) is 36.8 Å². The summed E-state index contributed by atoms with van der Waals surface area (Å²) in [5.74, 6) is 0.756. The molecule has 1 saturated carbocycles. The maximum absolute atomic E-state index is 8.90. The Morgan fingerprint density at radius 3 is 2.24 bits per heavy atom. The fourth-order valence-electron chi connectivity index (χ4n) is 2.82. The monoisotopic (exact) mass is 232 g/mol. The van der Waals surface area contributed by atoms with Crippen molar-refractivity contribution in [3.63, 3.8) is 0 Å². The fourth-order valence-corrected chi connectivity index (χ4v) is 2.82. The highest BCUT2D eigenvalue weighted by Gasteiger charge is 2.27. The van der Waals surface area contributed by atoms with Crippen LogP contribution in [0, 0.1) is 5.41 Å². The molecule has 0 bridgehead atoms. The van der Waals surface area contributed by atoms with Crippen molar-refractivity contribution in [3.05, 3.63) is 35.4 Å². The average molecular weight is 232 g/mol. The van der Waals surface area contributed by atoms with Crippen LogP contribution in [-0.2, 0) is 6.42 Å². The highest BCUT2D eigenvalue weighted by molar-refractivity contribution is 5.26. The molecule has 94 valence electrons. The second kappa shape index (κ2) is 5.22. The number of hydrogen-bond donors (Lipinski definition) is 1. The molecule has 17 heavy (non-hydrogen) atoms. The van der Waals surface area contributed by atoms with Crippen molar-refractivity contribution in [2.45, 2.75) is 51.9 Å². The zero-order chi connectivity index (χ0) is 12.3. The van der Waals surface area contributed by atoms with Crippen LogP contribution in [0.5, 0.6) is 0 Å². The Morgan fingerprint density at radius 2 is 1.71 bits per heavy atom. The quantitative estimate of drug-likeness (QED) is 0.838. The van der Waals surface area contributed by atoms with Crippen LogP contribution in [0.3, 0.4) is 0 Å². The van der Waals surface area contributed by atoms with Crippen molar-refractivity contribution in [3.8, 4) is 0 Å². The van der Waals surface area contributed by atoms with Gasteiger partial charge in [-0.15, -0.1) is 0 Å². The van der Waals surface area contributed by atoms with Crippen molar-refractivity contribution < 1.29 is 5.11 Å². The third-order valence-corrected chi connectivity index (χ3v) is 4.19. The van der Waals surface area contributed by atoms with Gasteiger partial charge in [0, 0.05) is 6.61 Å². The van der Waals surface area contributed by atoms with Gasteiger partial charge in [-0.1, -0.05) is 38.1 Å². The van der Waals surface area contributed by atoms with Crippen LogP contribution < -0.4 is 0 Å². The SMILES string of the molecule is CC1(C)CCC(c2ccc(CCO)cc2)CC1. The van der Waals surface area contributed by atoms with Gasteiger partial charge in [0.2, 0.25) is 0 Å². The molecular formula is C16H24O. The van der Waals surface area contributed by atoms with E-state index in [1.54, 1.807) is 0 Å². The van der Waals surface area contributed by atoms with Gasteiger partial charge < -0.3 is 5.11 Å². The lowest BCUT2D eigenvalue weighted by Gasteiger charge is -2.34. The molecule has 0 unspecified atom stereocenters. The standard InChI is InChI=1S/C16H24O/c1-16(2)10-7-15(8-11-16)14-5-3-13(4-6-14)9-12-17/h3-6,15,17H,7-12H2,1-2H3. The Hall–Kier alpha value is -0.820. The van der Waals surface area contributed by atoms with Gasteiger partial charge in [-0.25, -0.2) is 0 Å². The normalized spacial score (nSPS) is 20.4. The van der Waals surface area contributed by atoms with Crippen molar-refractivity contribution in [1.82, 2.24) is 0 Å². The number of aliphatic hydroxyl groups excluding tert-OH is 1. The summed E-state index contributed by atoms with van der Waals surface area (Å²) >= 11 is 0. The van der Waals surface area contributed by atoms with E-state index in [0.717, 1.165) is 12.3 Å². The lowest BCUT2D eigenvalue weighted by Crippen LogP contribution is -2.20. The second-order valence-corrected chi connectivity index (χ2v) is 6.15. The summed E-state index contributed by atoms with van der Waals surface area (Å²) < 4.78 is 0. The van der Waals surface area contributed by atoms with Crippen LogP contribution in [0.4, 0.5) is 0 Å². The molecule has 0 radical (unpaired) electrons. The van der Waals surface area contributed by atoms with Gasteiger partial charge in [0.05, 0.1) is 0 Å². The molecule has 0 atom stereocenters. The highest BCUT2D eigenvalue weighted by Crippen LogP contribution is 2.42. The third kappa shape index (κ3) is 3.32. The topological polar surface area (TPSA) is 20.2 Å². The van der Waals surface area contributed by atoms with Crippen LogP contribution in [0.1, 0.15) is 56.6 Å². The average Bonchev–Trinajstić information content (AvgIpc) is 2.31. The van der Waals surface area contributed by atoms with Crippen molar-refractivity contribution in [2.24, 2.45) is 5.41 Å². The van der Waals surface area contributed by atoms with Crippen LogP contribution in [0.2, 0.25) is 0 Å². The van der Waals surface area contributed by atoms with E-state index >= 15 is 0 Å². The fraction of sp³-hybridized carbons (Fsp3) is 0.625. The zero-order valence-corrected chi connectivity index (χ0v) is 11.1. The molecule has 1 N–H and O–H groups in total. The minimum absolute atomic E-state index is 0.247. The van der Waals surface area contributed by atoms with Gasteiger partial charge in [-0.05, 0) is 54.6 Å². The predicted octanol–water partition coefficient (Wildman–Crippen LogP) is 3.91. The Balaban J connectivity index is 1.99. The Kier molecular flexibility index (Phi) is 3.88. The maximum Gasteiger partial charge on any atom is 0.0471 e. The van der Waals surface area contributed by atoms with Gasteiger partial charge in [0.15, 0.2) is 0 Å². The van der Waals surface area contributed by atoms with E-state index in [2.05, 4.69) is 38.1 Å². The number of aliphatic hydroxyl groups is 1. The molecule has 1 aliphatic rings. The number of benzene rings is 1. The first-order valence-corrected chi connectivity index (χ1v) is 6.80. The molecule has 1 heteroatoms. The van der Waals surface area contributed by atoms with E-state index < -0.39 is 0 Å². The van der Waals surface area contributed by atoms with E-state index in [1.807, 2.05) is 0 Å². The van der Waals surface area contributed by atoms with Gasteiger partial charge in [0.1, 0.15) is 0 Å². The molecule has 1 aliphatic carbocycles. The van der Waals surface area contributed by atoms with Gasteiger partial charge in [0.25, 0.3) is 0 Å². The first-order valence-electron chi connectivity index (χ1n) is 6.80. The molecule has 1 fully saturated rings. The summed E-state index contributed by atoms with van der Waals surface area (Å²) in [4.78, 5) is 0. The first kappa shape index (κ1) is 12.6. The van der Waals surface area contributed by atoms with Gasteiger partial charge in [-0.2, -0.15) is 0 Å². The molecule has 0 aromatic heterocycles. The second-order valence-electron chi connectivity index (χ2n) is 6.15. The molecule has 0 saturated heterocycles. The minimum Gasteiger partial charge on any atom is -0.396 e. The van der Waals surface area contributed by atoms with Crippen LogP contribution in [-0.4, -0.2) is 11.7 Å². The summed E-state index contributed by atoms with van der Waals surface area (Å²) in [5, 5.41) is 8.90. The van der Waals surface area contributed by atoms with Crippen LogP contribution in [0.25, 0.3) is 0 Å². The summed E-state index contributed by atoms with van der Waals surface area (Å²) in [7, 11) is 0. The lowest BCUT2D eigenvalue weighted by atomic mass is 9.71. The van der Waals surface area contributed by atoms with Gasteiger partial charge >= 0.3 is 0 Å². The van der Waals surface area contributed by atoms with E-state index in [9.17, 15) is 0 Å². The van der Waals surface area contributed by atoms with Crippen LogP contribution in [0.15, 0.2) is 24.3 Å². The largest absolute Gasteiger partial charge is 0.396 e. The van der Waals surface area contributed by atoms with Crippen molar-refractivity contribution >= 4 is 0 Å². The van der Waals surface area contributed by atoms with Crippen molar-refractivity contribution in [2.75, 3.05) is 6.61 Å². The molecule has 1 aromatic carbocycles. The molecule has 1 aromatic rings. The third-order valence-electron chi connectivity index (χ3n) is 4.19. The van der Waals surface area contributed by atoms with Crippen molar-refractivity contribution in [1.29, 1.82) is 0 Å². The molecule has 0 heterocycles. The number of hydrogen-bond acceptors (Lipinski definition) is 1. The molecular weight excluding hydrogens is 208 g/mol. The Bertz CT molecular complexity index is 340. The smallest absolute Gasteiger partial charge is 0.0471 e. The van der Waals surface area contributed by atoms with E-state index in [4.69, 9.17) is 5.11 Å².